The Morgan fingerprint density at radius 1 is 0.294 bits per heavy atom. The largest absolute Gasteiger partial charge is 0.462 e. The van der Waals surface area contributed by atoms with Crippen LogP contribution < -0.4 is 0 Å². The first-order valence-electron chi connectivity index (χ1n) is 30.0. The fraction of sp³-hybridized carbons (Fsp3) is 0.855. The van der Waals surface area contributed by atoms with Gasteiger partial charge in [-0.25, -0.2) is 0 Å². The third-order valence-corrected chi connectivity index (χ3v) is 13.4. The Morgan fingerprint density at radius 3 is 0.853 bits per heavy atom. The lowest BCUT2D eigenvalue weighted by Gasteiger charge is -2.18. The first-order chi connectivity index (χ1) is 33.5. The van der Waals surface area contributed by atoms with E-state index >= 15 is 0 Å². The van der Waals surface area contributed by atoms with Gasteiger partial charge in [0.15, 0.2) is 6.10 Å². The van der Waals surface area contributed by atoms with Gasteiger partial charge in [-0.05, 0) is 77.0 Å². The minimum Gasteiger partial charge on any atom is -0.462 e. The van der Waals surface area contributed by atoms with Crippen LogP contribution in [0.4, 0.5) is 0 Å². The zero-order chi connectivity index (χ0) is 49.3. The zero-order valence-corrected chi connectivity index (χ0v) is 45.6. The third kappa shape index (κ3) is 54.6. The van der Waals surface area contributed by atoms with Gasteiger partial charge in [0.05, 0.1) is 0 Å². The molecule has 0 radical (unpaired) electrons. The van der Waals surface area contributed by atoms with Crippen LogP contribution in [0.1, 0.15) is 323 Å². The number of carbonyl (C=O) groups is 3. The van der Waals surface area contributed by atoms with E-state index in [0.717, 1.165) is 70.6 Å². The number of unbranched alkanes of at least 4 members (excludes halogenated alkanes) is 38. The van der Waals surface area contributed by atoms with Crippen molar-refractivity contribution in [1.29, 1.82) is 0 Å². The zero-order valence-electron chi connectivity index (χ0n) is 45.6. The van der Waals surface area contributed by atoms with E-state index in [1.54, 1.807) is 0 Å². The number of carbonyl (C=O) groups excluding carboxylic acids is 3. The standard InChI is InChI=1S/C62H114O6/c1-4-7-10-13-16-19-22-25-28-30-31-33-34-37-40-43-46-49-52-55-61(64)67-58-59(57-66-60(63)54-51-48-45-42-39-36-27-24-21-18-15-12-9-6-3)68-62(65)56-53-50-47-44-41-38-35-32-29-26-23-20-17-14-11-8-5-2/h17,20,25-26,28-29,59H,4-16,18-19,21-24,27,30-58H2,1-3H3/b20-17+,28-25+,29-26+/t59-/m1/s1. The van der Waals surface area contributed by atoms with Gasteiger partial charge in [-0.15, -0.1) is 0 Å². The van der Waals surface area contributed by atoms with Crippen LogP contribution in [0.25, 0.3) is 0 Å². The Morgan fingerprint density at radius 2 is 0.529 bits per heavy atom. The first kappa shape index (κ1) is 65.6. The molecule has 0 bridgehead atoms. The molecule has 0 fully saturated rings. The second-order valence-corrected chi connectivity index (χ2v) is 20.3. The lowest BCUT2D eigenvalue weighted by molar-refractivity contribution is -0.167. The Bertz CT molecular complexity index is 1140. The average molecular weight is 956 g/mol. The molecule has 0 aliphatic carbocycles. The number of hydrogen-bond acceptors (Lipinski definition) is 6. The van der Waals surface area contributed by atoms with Crippen LogP contribution in [0.2, 0.25) is 0 Å². The van der Waals surface area contributed by atoms with Crippen molar-refractivity contribution in [3.63, 3.8) is 0 Å². The monoisotopic (exact) mass is 955 g/mol. The third-order valence-electron chi connectivity index (χ3n) is 13.4. The molecule has 0 aromatic rings. The van der Waals surface area contributed by atoms with Gasteiger partial charge < -0.3 is 14.2 Å². The molecule has 0 saturated carbocycles. The molecule has 0 aliphatic rings. The minimum absolute atomic E-state index is 0.0721. The predicted molar refractivity (Wildman–Crippen MR) is 293 cm³/mol. The second kappa shape index (κ2) is 57.2. The van der Waals surface area contributed by atoms with Crippen LogP contribution in [-0.4, -0.2) is 37.2 Å². The summed E-state index contributed by atoms with van der Waals surface area (Å²) in [5, 5.41) is 0. The van der Waals surface area contributed by atoms with Crippen molar-refractivity contribution in [1.82, 2.24) is 0 Å². The molecule has 0 amide bonds. The fourth-order valence-electron chi connectivity index (χ4n) is 8.82. The van der Waals surface area contributed by atoms with Crippen LogP contribution in [0, 0.1) is 0 Å². The average Bonchev–Trinajstić information content (AvgIpc) is 3.34. The molecular weight excluding hydrogens is 841 g/mol. The maximum absolute atomic E-state index is 12.9. The van der Waals surface area contributed by atoms with Gasteiger partial charge in [-0.2, -0.15) is 0 Å². The van der Waals surface area contributed by atoms with Gasteiger partial charge >= 0.3 is 17.9 Å². The number of allylic oxidation sites excluding steroid dienone is 6. The van der Waals surface area contributed by atoms with E-state index in [1.807, 2.05) is 0 Å². The van der Waals surface area contributed by atoms with E-state index in [0.29, 0.717) is 19.3 Å². The van der Waals surface area contributed by atoms with Crippen LogP contribution in [0.5, 0.6) is 0 Å². The maximum atomic E-state index is 12.9. The summed E-state index contributed by atoms with van der Waals surface area (Å²) in [6.45, 7) is 6.65. The smallest absolute Gasteiger partial charge is 0.306 e. The quantitative estimate of drug-likeness (QED) is 0.0262. The van der Waals surface area contributed by atoms with E-state index in [-0.39, 0.29) is 31.1 Å². The first-order valence-corrected chi connectivity index (χ1v) is 30.0. The molecule has 0 aromatic heterocycles. The van der Waals surface area contributed by atoms with E-state index < -0.39 is 6.10 Å². The Kier molecular flexibility index (Phi) is 55.2. The highest BCUT2D eigenvalue weighted by Crippen LogP contribution is 2.16. The minimum atomic E-state index is -0.774. The van der Waals surface area contributed by atoms with Crippen molar-refractivity contribution in [2.75, 3.05) is 13.2 Å². The molecule has 398 valence electrons. The van der Waals surface area contributed by atoms with Gasteiger partial charge in [-0.3, -0.25) is 14.4 Å². The molecule has 0 aromatic carbocycles. The summed E-state index contributed by atoms with van der Waals surface area (Å²) in [5.74, 6) is -0.863. The molecule has 0 saturated heterocycles. The molecule has 0 aliphatic heterocycles. The molecule has 1 atom stereocenters. The number of rotatable bonds is 55. The van der Waals surface area contributed by atoms with Crippen molar-refractivity contribution in [2.45, 2.75) is 329 Å². The normalized spacial score (nSPS) is 12.2. The predicted octanol–water partition coefficient (Wildman–Crippen LogP) is 20.0. The Labute approximate surface area is 423 Å². The summed E-state index contributed by atoms with van der Waals surface area (Å²) < 4.78 is 16.9. The number of ether oxygens (including phenoxy) is 3. The molecule has 68 heavy (non-hydrogen) atoms. The van der Waals surface area contributed by atoms with Crippen molar-refractivity contribution in [2.24, 2.45) is 0 Å². The number of esters is 3. The van der Waals surface area contributed by atoms with Gasteiger partial charge in [-0.1, -0.05) is 263 Å². The highest BCUT2D eigenvalue weighted by molar-refractivity contribution is 5.71. The molecule has 0 unspecified atom stereocenters. The van der Waals surface area contributed by atoms with E-state index in [2.05, 4.69) is 57.2 Å². The number of hydrogen-bond donors (Lipinski definition) is 0. The molecule has 0 heterocycles. The van der Waals surface area contributed by atoms with Crippen molar-refractivity contribution in [3.8, 4) is 0 Å². The lowest BCUT2D eigenvalue weighted by atomic mass is 10.0. The lowest BCUT2D eigenvalue weighted by Crippen LogP contribution is -2.30. The van der Waals surface area contributed by atoms with E-state index in [9.17, 15) is 14.4 Å². The summed E-state index contributed by atoms with van der Waals surface area (Å²) >= 11 is 0. The fourth-order valence-corrected chi connectivity index (χ4v) is 8.82. The van der Waals surface area contributed by atoms with E-state index in [4.69, 9.17) is 14.2 Å². The highest BCUT2D eigenvalue weighted by Gasteiger charge is 2.19. The molecule has 0 N–H and O–H groups in total. The summed E-state index contributed by atoms with van der Waals surface area (Å²) in [6.07, 6.45) is 68.4. The summed E-state index contributed by atoms with van der Waals surface area (Å²) in [4.78, 5) is 38.2. The maximum Gasteiger partial charge on any atom is 0.306 e. The molecule has 0 spiro atoms. The van der Waals surface area contributed by atoms with Gasteiger partial charge in [0.2, 0.25) is 0 Å². The van der Waals surface area contributed by atoms with E-state index in [1.165, 1.54) is 212 Å². The molecule has 0 rings (SSSR count). The topological polar surface area (TPSA) is 78.9 Å². The van der Waals surface area contributed by atoms with Crippen LogP contribution >= 0.6 is 0 Å². The van der Waals surface area contributed by atoms with Crippen molar-refractivity contribution in [3.05, 3.63) is 36.5 Å². The van der Waals surface area contributed by atoms with Gasteiger partial charge in [0, 0.05) is 19.3 Å². The molecular formula is C62H114O6. The molecule has 6 nitrogen and oxygen atoms in total. The second-order valence-electron chi connectivity index (χ2n) is 20.3. The van der Waals surface area contributed by atoms with Gasteiger partial charge in [0.1, 0.15) is 13.2 Å². The SMILES string of the molecule is CCCCC/C=C/C/C=C/CCCCCCCCCC(=O)O[C@@H](COC(=O)CCCCCCCCCCC/C=C/CCCCCCCC)COC(=O)CCCCCCCCCCCCCCCC. The van der Waals surface area contributed by atoms with Gasteiger partial charge in [0.25, 0.3) is 0 Å². The molecule has 6 heteroatoms. The van der Waals surface area contributed by atoms with Crippen LogP contribution in [0.15, 0.2) is 36.5 Å². The van der Waals surface area contributed by atoms with Crippen molar-refractivity contribution >= 4 is 17.9 Å². The van der Waals surface area contributed by atoms with Crippen LogP contribution in [-0.2, 0) is 28.6 Å². The summed E-state index contributed by atoms with van der Waals surface area (Å²) in [7, 11) is 0. The highest BCUT2D eigenvalue weighted by atomic mass is 16.6. The Balaban J connectivity index is 4.34. The summed E-state index contributed by atoms with van der Waals surface area (Å²) in [6, 6.07) is 0. The van der Waals surface area contributed by atoms with Crippen molar-refractivity contribution < 1.29 is 28.6 Å². The van der Waals surface area contributed by atoms with Crippen LogP contribution in [0.3, 0.4) is 0 Å². The summed E-state index contributed by atoms with van der Waals surface area (Å²) in [5.41, 5.74) is 0. The Hall–Kier alpha value is -2.37.